The smallest absolute Gasteiger partial charge is 0.410 e. The number of carboxylic acids is 1. The lowest BCUT2D eigenvalue weighted by Gasteiger charge is -2.27. The first-order valence-corrected chi connectivity index (χ1v) is 6.72. The van der Waals surface area contributed by atoms with Gasteiger partial charge in [0, 0.05) is 13.1 Å². The number of hydrogen-bond donors (Lipinski definition) is 1. The van der Waals surface area contributed by atoms with Gasteiger partial charge in [0.05, 0.1) is 6.42 Å². The molecule has 1 aromatic carbocycles. The maximum Gasteiger partial charge on any atom is 0.410 e. The number of aliphatic carboxylic acids is 1. The maximum atomic E-state index is 13.2. The molecule has 0 aliphatic heterocycles. The van der Waals surface area contributed by atoms with Gasteiger partial charge in [0.25, 0.3) is 0 Å². The molecule has 0 aromatic heterocycles. The van der Waals surface area contributed by atoms with Crippen LogP contribution in [-0.2, 0) is 16.1 Å². The van der Waals surface area contributed by atoms with Crippen molar-refractivity contribution in [2.45, 2.75) is 39.3 Å². The summed E-state index contributed by atoms with van der Waals surface area (Å²) in [6, 6.07) is 3.25. The molecule has 5 nitrogen and oxygen atoms in total. The van der Waals surface area contributed by atoms with Crippen molar-refractivity contribution in [1.82, 2.24) is 4.90 Å². The van der Waals surface area contributed by atoms with Crippen LogP contribution in [0.5, 0.6) is 0 Å². The number of ether oxygens (including phenoxy) is 1. The molecule has 0 atom stereocenters. The van der Waals surface area contributed by atoms with E-state index in [-0.39, 0.29) is 19.5 Å². The molecule has 1 N–H and O–H groups in total. The third kappa shape index (κ3) is 6.07. The van der Waals surface area contributed by atoms with E-state index in [0.29, 0.717) is 5.56 Å². The van der Waals surface area contributed by atoms with Gasteiger partial charge in [-0.15, -0.1) is 0 Å². The fourth-order valence-electron chi connectivity index (χ4n) is 1.65. The predicted molar refractivity (Wildman–Crippen MR) is 75.3 cm³/mol. The van der Waals surface area contributed by atoms with Gasteiger partial charge in [-0.05, 0) is 38.5 Å². The van der Waals surface area contributed by atoms with Crippen molar-refractivity contribution >= 4 is 12.1 Å². The molecular formula is C15H19F2NO4. The van der Waals surface area contributed by atoms with Crippen molar-refractivity contribution < 1.29 is 28.2 Å². The van der Waals surface area contributed by atoms with Crippen LogP contribution in [0.4, 0.5) is 13.6 Å². The minimum absolute atomic E-state index is 0.0700. The van der Waals surface area contributed by atoms with E-state index < -0.39 is 29.3 Å². The van der Waals surface area contributed by atoms with E-state index in [2.05, 4.69) is 0 Å². The molecule has 1 amide bonds. The standard InChI is InChI=1S/C15H19F2NO4/c1-15(2,3)22-14(21)18(7-6-13(19)20)9-10-4-5-11(16)12(17)8-10/h4-5,8H,6-7,9H2,1-3H3,(H,19,20). The van der Waals surface area contributed by atoms with Crippen molar-refractivity contribution in [3.63, 3.8) is 0 Å². The summed E-state index contributed by atoms with van der Waals surface area (Å²) >= 11 is 0. The number of amides is 1. The summed E-state index contributed by atoms with van der Waals surface area (Å²) < 4.78 is 31.3. The average Bonchev–Trinajstić information content (AvgIpc) is 2.36. The first kappa shape index (κ1) is 17.9. The van der Waals surface area contributed by atoms with Crippen molar-refractivity contribution in [1.29, 1.82) is 0 Å². The van der Waals surface area contributed by atoms with Crippen molar-refractivity contribution in [2.24, 2.45) is 0 Å². The number of halogens is 2. The molecule has 0 bridgehead atoms. The fraction of sp³-hybridized carbons (Fsp3) is 0.467. The van der Waals surface area contributed by atoms with Gasteiger partial charge in [-0.2, -0.15) is 0 Å². The van der Waals surface area contributed by atoms with E-state index in [0.717, 1.165) is 17.0 Å². The minimum atomic E-state index is -1.07. The molecule has 0 heterocycles. The number of carbonyl (C=O) groups excluding carboxylic acids is 1. The Labute approximate surface area is 127 Å². The van der Waals surface area contributed by atoms with Crippen LogP contribution < -0.4 is 0 Å². The molecule has 7 heteroatoms. The van der Waals surface area contributed by atoms with E-state index in [1.807, 2.05) is 0 Å². The number of carbonyl (C=O) groups is 2. The van der Waals surface area contributed by atoms with E-state index in [4.69, 9.17) is 9.84 Å². The summed E-state index contributed by atoms with van der Waals surface area (Å²) in [7, 11) is 0. The Hall–Kier alpha value is -2.18. The highest BCUT2D eigenvalue weighted by atomic mass is 19.2. The average molecular weight is 315 g/mol. The Balaban J connectivity index is 2.86. The van der Waals surface area contributed by atoms with Gasteiger partial charge in [0.1, 0.15) is 5.60 Å². The Bertz CT molecular complexity index is 555. The normalized spacial score (nSPS) is 11.1. The second-order valence-electron chi connectivity index (χ2n) is 5.79. The first-order chi connectivity index (χ1) is 10.1. The molecule has 0 saturated carbocycles. The highest BCUT2D eigenvalue weighted by Crippen LogP contribution is 2.15. The summed E-state index contributed by atoms with van der Waals surface area (Å²) in [5, 5.41) is 8.73. The molecule has 1 aromatic rings. The Morgan fingerprint density at radius 1 is 1.23 bits per heavy atom. The molecule has 0 aliphatic rings. The zero-order valence-electron chi connectivity index (χ0n) is 12.7. The van der Waals surface area contributed by atoms with Crippen LogP contribution in [-0.4, -0.2) is 34.2 Å². The molecule has 0 spiro atoms. The van der Waals surface area contributed by atoms with E-state index >= 15 is 0 Å². The third-order valence-electron chi connectivity index (χ3n) is 2.60. The quantitative estimate of drug-likeness (QED) is 0.906. The second-order valence-corrected chi connectivity index (χ2v) is 5.79. The van der Waals surface area contributed by atoms with Crippen LogP contribution in [0.25, 0.3) is 0 Å². The van der Waals surface area contributed by atoms with Crippen LogP contribution in [0, 0.1) is 11.6 Å². The van der Waals surface area contributed by atoms with Gasteiger partial charge in [-0.3, -0.25) is 4.79 Å². The number of rotatable bonds is 5. The van der Waals surface area contributed by atoms with Gasteiger partial charge in [-0.1, -0.05) is 6.07 Å². The topological polar surface area (TPSA) is 66.8 Å². The maximum absolute atomic E-state index is 13.2. The molecule has 0 fully saturated rings. The molecule has 0 aliphatic carbocycles. The van der Waals surface area contributed by atoms with Crippen LogP contribution in [0.1, 0.15) is 32.8 Å². The third-order valence-corrected chi connectivity index (χ3v) is 2.60. The van der Waals surface area contributed by atoms with Crippen molar-refractivity contribution in [3.05, 3.63) is 35.4 Å². The number of hydrogen-bond acceptors (Lipinski definition) is 3. The van der Waals surface area contributed by atoms with Crippen molar-refractivity contribution in [2.75, 3.05) is 6.54 Å². The molecule has 0 unspecified atom stereocenters. The fourth-order valence-corrected chi connectivity index (χ4v) is 1.65. The van der Waals surface area contributed by atoms with E-state index in [1.165, 1.54) is 6.07 Å². The van der Waals surface area contributed by atoms with E-state index in [1.54, 1.807) is 20.8 Å². The molecule has 122 valence electrons. The first-order valence-electron chi connectivity index (χ1n) is 6.72. The van der Waals surface area contributed by atoms with Gasteiger partial charge in [-0.25, -0.2) is 13.6 Å². The Kier molecular flexibility index (Phi) is 5.84. The highest BCUT2D eigenvalue weighted by molar-refractivity contribution is 5.71. The summed E-state index contributed by atoms with van der Waals surface area (Å²) in [5.74, 6) is -3.09. The zero-order chi connectivity index (χ0) is 16.9. The molecule has 22 heavy (non-hydrogen) atoms. The van der Waals surface area contributed by atoms with Gasteiger partial charge >= 0.3 is 12.1 Å². The van der Waals surface area contributed by atoms with Crippen LogP contribution in [0.15, 0.2) is 18.2 Å². The largest absolute Gasteiger partial charge is 0.481 e. The lowest BCUT2D eigenvalue weighted by atomic mass is 10.2. The van der Waals surface area contributed by atoms with E-state index in [9.17, 15) is 18.4 Å². The molecular weight excluding hydrogens is 296 g/mol. The molecule has 1 rings (SSSR count). The summed E-state index contributed by atoms with van der Waals surface area (Å²) in [6.45, 7) is 4.87. The van der Waals surface area contributed by atoms with Crippen LogP contribution in [0.2, 0.25) is 0 Å². The SMILES string of the molecule is CC(C)(C)OC(=O)N(CCC(=O)O)Cc1ccc(F)c(F)c1. The lowest BCUT2D eigenvalue weighted by molar-refractivity contribution is -0.137. The monoisotopic (exact) mass is 315 g/mol. The van der Waals surface area contributed by atoms with Crippen molar-refractivity contribution in [3.8, 4) is 0 Å². The number of carboxylic acid groups (broad SMARTS) is 1. The number of nitrogens with zero attached hydrogens (tertiary/aromatic N) is 1. The summed E-state index contributed by atoms with van der Waals surface area (Å²) in [6.07, 6.45) is -0.985. The minimum Gasteiger partial charge on any atom is -0.481 e. The Morgan fingerprint density at radius 2 is 1.86 bits per heavy atom. The zero-order valence-corrected chi connectivity index (χ0v) is 12.7. The van der Waals surface area contributed by atoms with Crippen LogP contribution in [0.3, 0.4) is 0 Å². The van der Waals surface area contributed by atoms with Crippen LogP contribution >= 0.6 is 0 Å². The summed E-state index contributed by atoms with van der Waals surface area (Å²) in [5.41, 5.74) is -0.401. The molecule has 0 radical (unpaired) electrons. The number of benzene rings is 1. The predicted octanol–water partition coefficient (Wildman–Crippen LogP) is 3.18. The summed E-state index contributed by atoms with van der Waals surface area (Å²) in [4.78, 5) is 23.9. The molecule has 0 saturated heterocycles. The highest BCUT2D eigenvalue weighted by Gasteiger charge is 2.23. The Morgan fingerprint density at radius 3 is 2.36 bits per heavy atom. The van der Waals surface area contributed by atoms with Gasteiger partial charge < -0.3 is 14.7 Å². The lowest BCUT2D eigenvalue weighted by Crippen LogP contribution is -2.37. The van der Waals surface area contributed by atoms with Gasteiger partial charge in [0.15, 0.2) is 11.6 Å². The van der Waals surface area contributed by atoms with Gasteiger partial charge in [0.2, 0.25) is 0 Å². The second kappa shape index (κ2) is 7.20.